The summed E-state index contributed by atoms with van der Waals surface area (Å²) >= 11 is 0. The number of halogens is 4. The number of carbonyl (C=O) groups is 1. The average molecular weight is 348 g/mol. The molecule has 1 amide bonds. The van der Waals surface area contributed by atoms with Crippen LogP contribution in [0.5, 0.6) is 5.75 Å². The van der Waals surface area contributed by atoms with E-state index in [-0.39, 0.29) is 16.6 Å². The summed E-state index contributed by atoms with van der Waals surface area (Å²) in [5, 5.41) is 10.0. The first-order valence-corrected chi connectivity index (χ1v) is 7.15. The lowest BCUT2D eigenvalue weighted by Gasteiger charge is -2.31. The minimum atomic E-state index is -3.48. The van der Waals surface area contributed by atoms with Gasteiger partial charge in [0.25, 0.3) is 18.8 Å². The van der Waals surface area contributed by atoms with Crippen LogP contribution < -0.4 is 10.2 Å². The maximum Gasteiger partial charge on any atom is 0.291 e. The molecule has 0 saturated heterocycles. The second-order valence-electron chi connectivity index (χ2n) is 5.11. The number of carbonyl (C=O) groups excluding carboxylic acids is 1. The second-order valence-corrected chi connectivity index (χ2v) is 5.11. The van der Waals surface area contributed by atoms with Crippen LogP contribution in [0.1, 0.15) is 23.7 Å². The lowest BCUT2D eigenvalue weighted by atomic mass is 10.1. The van der Waals surface area contributed by atoms with E-state index < -0.39 is 30.2 Å². The van der Waals surface area contributed by atoms with E-state index in [2.05, 4.69) is 0 Å². The Morgan fingerprint density at radius 2 is 2.08 bits per heavy atom. The Labute approximate surface area is 135 Å². The number of hydrogen-bond donors (Lipinski definition) is 2. The summed E-state index contributed by atoms with van der Waals surface area (Å²) in [5.41, 5.74) is -2.38. The number of aliphatic hydroxyl groups is 1. The first-order valence-electron chi connectivity index (χ1n) is 7.15. The Bertz CT molecular complexity index is 639. The molecule has 2 N–H and O–H groups in total. The highest BCUT2D eigenvalue weighted by molar-refractivity contribution is 5.95. The van der Waals surface area contributed by atoms with Crippen LogP contribution in [0.4, 0.5) is 17.6 Å². The summed E-state index contributed by atoms with van der Waals surface area (Å²) < 4.78 is 57.1. The highest BCUT2D eigenvalue weighted by Crippen LogP contribution is 2.31. The van der Waals surface area contributed by atoms with E-state index in [1.54, 1.807) is 6.07 Å². The quantitative estimate of drug-likeness (QED) is 0.776. The highest BCUT2D eigenvalue weighted by Gasteiger charge is 2.51. The van der Waals surface area contributed by atoms with Crippen LogP contribution in [0.3, 0.4) is 0 Å². The Hall–Kier alpha value is -2.29. The molecular weight excluding hydrogens is 332 g/mol. The van der Waals surface area contributed by atoms with E-state index >= 15 is 0 Å². The minimum Gasteiger partial charge on any atom is -0.494 e. The zero-order valence-electron chi connectivity index (χ0n) is 12.7. The molecular formula is C15H16F4N2O3. The van der Waals surface area contributed by atoms with Crippen molar-refractivity contribution in [2.24, 2.45) is 0 Å². The van der Waals surface area contributed by atoms with Gasteiger partial charge in [-0.2, -0.15) is 0 Å². The van der Waals surface area contributed by atoms with Gasteiger partial charge in [-0.15, -0.1) is 0 Å². The molecule has 1 aliphatic rings. The van der Waals surface area contributed by atoms with Gasteiger partial charge in [-0.1, -0.05) is 13.0 Å². The van der Waals surface area contributed by atoms with Gasteiger partial charge in [0.15, 0.2) is 0 Å². The largest absolute Gasteiger partial charge is 0.494 e. The van der Waals surface area contributed by atoms with Crippen molar-refractivity contribution in [2.45, 2.75) is 31.9 Å². The molecule has 0 spiro atoms. The number of rotatable bonds is 6. The molecule has 1 aliphatic heterocycles. The summed E-state index contributed by atoms with van der Waals surface area (Å²) in [4.78, 5) is 12.4. The molecule has 1 heterocycles. The molecule has 132 valence electrons. The smallest absolute Gasteiger partial charge is 0.291 e. The fraction of sp³-hybridized carbons (Fsp3) is 0.400. The van der Waals surface area contributed by atoms with Crippen molar-refractivity contribution in [3.8, 4) is 5.75 Å². The van der Waals surface area contributed by atoms with E-state index in [1.807, 2.05) is 12.3 Å². The van der Waals surface area contributed by atoms with Crippen molar-refractivity contribution in [3.05, 3.63) is 41.6 Å². The maximum absolute atomic E-state index is 13.1. The number of benzene rings is 1. The van der Waals surface area contributed by atoms with E-state index in [1.165, 1.54) is 18.2 Å². The highest BCUT2D eigenvalue weighted by atomic mass is 19.3. The van der Waals surface area contributed by atoms with Gasteiger partial charge in [0.2, 0.25) is 5.72 Å². The normalized spacial score (nSPS) is 20.3. The fourth-order valence-electron chi connectivity index (χ4n) is 2.10. The predicted molar refractivity (Wildman–Crippen MR) is 76.6 cm³/mol. The molecule has 5 nitrogen and oxygen atoms in total. The average Bonchev–Trinajstić information content (AvgIpc) is 2.92. The van der Waals surface area contributed by atoms with Crippen LogP contribution in [0, 0.1) is 0 Å². The van der Waals surface area contributed by atoms with Crippen molar-refractivity contribution in [1.82, 2.24) is 10.4 Å². The third-order valence-corrected chi connectivity index (χ3v) is 3.28. The van der Waals surface area contributed by atoms with E-state index in [0.29, 0.717) is 12.4 Å². The van der Waals surface area contributed by atoms with Gasteiger partial charge >= 0.3 is 0 Å². The van der Waals surface area contributed by atoms with Crippen LogP contribution in [0.2, 0.25) is 0 Å². The van der Waals surface area contributed by atoms with E-state index in [0.717, 1.165) is 6.42 Å². The molecule has 0 radical (unpaired) electrons. The molecule has 24 heavy (non-hydrogen) atoms. The minimum absolute atomic E-state index is 0.0953. The summed E-state index contributed by atoms with van der Waals surface area (Å²) in [5.74, 6) is -0.767. The number of ether oxygens (including phenoxy) is 1. The van der Waals surface area contributed by atoms with Gasteiger partial charge in [-0.25, -0.2) is 22.6 Å². The lowest BCUT2D eigenvalue weighted by molar-refractivity contribution is -0.146. The number of amides is 1. The van der Waals surface area contributed by atoms with Crippen molar-refractivity contribution in [1.29, 1.82) is 0 Å². The molecule has 1 unspecified atom stereocenters. The Morgan fingerprint density at radius 1 is 1.38 bits per heavy atom. The first-order chi connectivity index (χ1) is 11.3. The third-order valence-electron chi connectivity index (χ3n) is 3.28. The summed E-state index contributed by atoms with van der Waals surface area (Å²) in [6.07, 6.45) is -5.66. The van der Waals surface area contributed by atoms with Crippen molar-refractivity contribution in [2.75, 3.05) is 6.61 Å². The fourth-order valence-corrected chi connectivity index (χ4v) is 2.10. The SMILES string of the molecule is CCCOc1cccc(C(=O)N2NC(C(F)F)=CC2(O)C(F)F)c1. The third kappa shape index (κ3) is 3.45. The molecule has 1 aromatic carbocycles. The van der Waals surface area contributed by atoms with Crippen molar-refractivity contribution in [3.63, 3.8) is 0 Å². The zero-order valence-corrected chi connectivity index (χ0v) is 12.7. The Kier molecular flexibility index (Phi) is 5.33. The molecule has 1 atom stereocenters. The van der Waals surface area contributed by atoms with Gasteiger partial charge in [0, 0.05) is 11.6 Å². The van der Waals surface area contributed by atoms with Gasteiger partial charge in [0.1, 0.15) is 5.75 Å². The van der Waals surface area contributed by atoms with Gasteiger partial charge in [0.05, 0.1) is 12.3 Å². The first kappa shape index (κ1) is 18.1. The molecule has 0 aliphatic carbocycles. The molecule has 0 saturated carbocycles. The Morgan fingerprint density at radius 3 is 2.67 bits per heavy atom. The number of hydrazine groups is 1. The topological polar surface area (TPSA) is 61.8 Å². The maximum atomic E-state index is 13.1. The summed E-state index contributed by atoms with van der Waals surface area (Å²) in [6, 6.07) is 5.60. The molecule has 0 aromatic heterocycles. The van der Waals surface area contributed by atoms with Crippen LogP contribution in [-0.4, -0.2) is 41.2 Å². The number of hydrogen-bond acceptors (Lipinski definition) is 4. The summed E-state index contributed by atoms with van der Waals surface area (Å²) in [6.45, 7) is 2.26. The molecule has 0 bridgehead atoms. The standard InChI is InChI=1S/C15H16F4N2O3/c1-2-6-24-10-5-3-4-9(7-10)13(22)21-15(23,14(18)19)8-11(20-21)12(16)17/h3-5,7-8,12,14,20,23H,2,6H2,1H3. The molecule has 9 heteroatoms. The number of nitrogens with zero attached hydrogens (tertiary/aromatic N) is 1. The van der Waals surface area contributed by atoms with E-state index in [4.69, 9.17) is 4.74 Å². The molecule has 0 fully saturated rings. The molecule has 1 aromatic rings. The number of allylic oxidation sites excluding steroid dienone is 1. The van der Waals surface area contributed by atoms with Crippen LogP contribution in [-0.2, 0) is 0 Å². The second kappa shape index (κ2) is 7.08. The van der Waals surface area contributed by atoms with Crippen LogP contribution in [0.15, 0.2) is 36.0 Å². The number of alkyl halides is 4. The monoisotopic (exact) mass is 348 g/mol. The summed E-state index contributed by atoms with van der Waals surface area (Å²) in [7, 11) is 0. The zero-order chi connectivity index (χ0) is 17.9. The van der Waals surface area contributed by atoms with Gasteiger partial charge < -0.3 is 9.84 Å². The lowest BCUT2D eigenvalue weighted by Crippen LogP contribution is -2.56. The van der Waals surface area contributed by atoms with Crippen molar-refractivity contribution < 1.29 is 32.2 Å². The predicted octanol–water partition coefficient (Wildman–Crippen LogP) is 2.54. The number of nitrogens with one attached hydrogen (secondary N) is 1. The van der Waals surface area contributed by atoms with Crippen LogP contribution >= 0.6 is 0 Å². The van der Waals surface area contributed by atoms with E-state index in [9.17, 15) is 27.5 Å². The van der Waals surface area contributed by atoms with Crippen molar-refractivity contribution >= 4 is 5.91 Å². The van der Waals surface area contributed by atoms with Gasteiger partial charge in [-0.05, 0) is 24.6 Å². The molecule has 2 rings (SSSR count). The van der Waals surface area contributed by atoms with Gasteiger partial charge in [-0.3, -0.25) is 10.2 Å². The Balaban J connectivity index is 2.28. The van der Waals surface area contributed by atoms with Crippen LogP contribution in [0.25, 0.3) is 0 Å².